The number of carbonyl (C=O) groups is 1. The fourth-order valence-electron chi connectivity index (χ4n) is 7.65. The Kier molecular flexibility index (Phi) is 8.30. The summed E-state index contributed by atoms with van der Waals surface area (Å²) in [5, 5.41) is 8.48. The Morgan fingerprint density at radius 2 is 1.30 bits per heavy atom. The zero-order chi connectivity index (χ0) is 32.4. The first-order valence-corrected chi connectivity index (χ1v) is 16.4. The molecular formula is C42H40N2O3. The molecule has 0 saturated carbocycles. The van der Waals surface area contributed by atoms with Crippen LogP contribution in [0.15, 0.2) is 133 Å². The van der Waals surface area contributed by atoms with Crippen LogP contribution in [0.1, 0.15) is 49.4 Å². The van der Waals surface area contributed by atoms with Crippen molar-refractivity contribution in [3.63, 3.8) is 0 Å². The van der Waals surface area contributed by atoms with Gasteiger partial charge in [-0.2, -0.15) is 0 Å². The Hall–Kier alpha value is -5.29. The van der Waals surface area contributed by atoms with Crippen LogP contribution in [-0.4, -0.2) is 20.1 Å². The third-order valence-corrected chi connectivity index (χ3v) is 9.83. The smallest absolute Gasteiger partial charge is 0.238 e. The van der Waals surface area contributed by atoms with E-state index in [1.165, 1.54) is 0 Å². The molecule has 1 N–H and O–H groups in total. The van der Waals surface area contributed by atoms with Crippen molar-refractivity contribution in [2.75, 3.05) is 24.4 Å². The van der Waals surface area contributed by atoms with Crippen LogP contribution < -0.4 is 19.7 Å². The first-order chi connectivity index (χ1) is 23.1. The fraction of sp³-hybridized carbons (Fsp3) is 0.214. The maximum atomic E-state index is 15.5. The number of amides is 1. The van der Waals surface area contributed by atoms with Gasteiger partial charge >= 0.3 is 0 Å². The van der Waals surface area contributed by atoms with E-state index in [-0.39, 0.29) is 18.0 Å². The maximum absolute atomic E-state index is 15.5. The van der Waals surface area contributed by atoms with Crippen LogP contribution in [0.5, 0.6) is 11.5 Å². The number of nitrogens with zero attached hydrogens (tertiary/aromatic N) is 1. The Morgan fingerprint density at radius 1 is 0.702 bits per heavy atom. The number of fused-ring (bicyclic) bond motifs is 2. The van der Waals surface area contributed by atoms with Crippen molar-refractivity contribution in [1.29, 1.82) is 0 Å². The molecule has 0 aromatic heterocycles. The van der Waals surface area contributed by atoms with Crippen molar-refractivity contribution in [1.82, 2.24) is 0 Å². The minimum absolute atomic E-state index is 0.0775. The van der Waals surface area contributed by atoms with E-state index in [9.17, 15) is 0 Å². The number of β-lactam (4-membered cyclic amide) rings is 1. The van der Waals surface area contributed by atoms with Gasteiger partial charge in [-0.3, -0.25) is 9.69 Å². The summed E-state index contributed by atoms with van der Waals surface area (Å²) in [5.41, 5.74) is 2.98. The molecular weight excluding hydrogens is 580 g/mol. The largest absolute Gasteiger partial charge is 0.495 e. The highest BCUT2D eigenvalue weighted by Crippen LogP contribution is 2.63. The molecule has 3 atom stereocenters. The van der Waals surface area contributed by atoms with Gasteiger partial charge in [0.05, 0.1) is 43.1 Å². The van der Waals surface area contributed by atoms with Gasteiger partial charge in [-0.15, -0.1) is 0 Å². The molecule has 1 unspecified atom stereocenters. The molecule has 0 aliphatic carbocycles. The molecule has 1 aliphatic rings. The van der Waals surface area contributed by atoms with E-state index in [0.717, 1.165) is 62.6 Å². The SMILES string of the molecule is CCCC[C@@]1(C(Nc2ccccc2OC)c2cccc3ccccc23)C(=O)N(c2ccccc2OC)[C@H]1c1cccc2ccccc12. The van der Waals surface area contributed by atoms with Crippen LogP contribution in [0.4, 0.5) is 11.4 Å². The molecule has 5 heteroatoms. The monoisotopic (exact) mass is 620 g/mol. The average molecular weight is 621 g/mol. The van der Waals surface area contributed by atoms with Crippen molar-refractivity contribution in [2.24, 2.45) is 5.41 Å². The second kappa shape index (κ2) is 12.8. The molecule has 0 bridgehead atoms. The van der Waals surface area contributed by atoms with E-state index in [2.05, 4.69) is 97.2 Å². The molecule has 1 fully saturated rings. The number of unbranched alkanes of at least 4 members (excludes halogenated alkanes) is 1. The summed E-state index contributed by atoms with van der Waals surface area (Å²) in [4.78, 5) is 17.5. The number of anilines is 2. The Labute approximate surface area is 276 Å². The van der Waals surface area contributed by atoms with Crippen molar-refractivity contribution in [2.45, 2.75) is 38.3 Å². The van der Waals surface area contributed by atoms with Gasteiger partial charge in [-0.05, 0) is 63.4 Å². The summed E-state index contributed by atoms with van der Waals surface area (Å²) in [6.07, 6.45) is 2.54. The standard InChI is InChI=1S/C42H40N2O3/c1-4-5-28-42(39(43-35-24-10-12-26-37(35)46-2)33-22-14-18-29-16-6-8-20-31(29)33)40(34-23-15-19-30-17-7-9-21-32(30)34)44(41(42)45)36-25-11-13-27-38(36)47-3/h6-27,39-40,43H,4-5,28H2,1-3H3/t39?,40-,42-/m0/s1. The summed E-state index contributed by atoms with van der Waals surface area (Å²) < 4.78 is 11.7. The van der Waals surface area contributed by atoms with Gasteiger partial charge in [-0.25, -0.2) is 0 Å². The molecule has 6 aromatic carbocycles. The van der Waals surface area contributed by atoms with Crippen LogP contribution in [0.2, 0.25) is 0 Å². The summed E-state index contributed by atoms with van der Waals surface area (Å²) in [6, 6.07) is 45.0. The second-order valence-corrected chi connectivity index (χ2v) is 12.3. The fourth-order valence-corrected chi connectivity index (χ4v) is 7.65. The molecule has 7 rings (SSSR count). The van der Waals surface area contributed by atoms with Gasteiger partial charge in [0.1, 0.15) is 11.5 Å². The van der Waals surface area contributed by atoms with Gasteiger partial charge < -0.3 is 14.8 Å². The minimum Gasteiger partial charge on any atom is -0.495 e. The zero-order valence-corrected chi connectivity index (χ0v) is 27.1. The Balaban J connectivity index is 1.54. The average Bonchev–Trinajstić information content (AvgIpc) is 3.13. The van der Waals surface area contributed by atoms with Gasteiger partial charge in [-0.1, -0.05) is 129 Å². The summed E-state index contributed by atoms with van der Waals surface area (Å²) in [5.74, 6) is 1.49. The van der Waals surface area contributed by atoms with Gasteiger partial charge in [0.15, 0.2) is 0 Å². The van der Waals surface area contributed by atoms with Crippen LogP contribution in [0.3, 0.4) is 0 Å². The maximum Gasteiger partial charge on any atom is 0.238 e. The summed E-state index contributed by atoms with van der Waals surface area (Å²) >= 11 is 0. The van der Waals surface area contributed by atoms with Gasteiger partial charge in [0.2, 0.25) is 5.91 Å². The van der Waals surface area contributed by atoms with Crippen molar-refractivity contribution < 1.29 is 14.3 Å². The zero-order valence-electron chi connectivity index (χ0n) is 27.1. The number of rotatable bonds is 11. The van der Waals surface area contributed by atoms with Crippen molar-refractivity contribution in [3.8, 4) is 11.5 Å². The number of hydrogen-bond acceptors (Lipinski definition) is 4. The summed E-state index contributed by atoms with van der Waals surface area (Å²) in [7, 11) is 3.36. The van der Waals surface area contributed by atoms with E-state index < -0.39 is 5.41 Å². The lowest BCUT2D eigenvalue weighted by atomic mass is 9.58. The molecule has 47 heavy (non-hydrogen) atoms. The summed E-state index contributed by atoms with van der Waals surface area (Å²) in [6.45, 7) is 2.20. The molecule has 5 nitrogen and oxygen atoms in total. The third-order valence-electron chi connectivity index (χ3n) is 9.83. The molecule has 1 saturated heterocycles. The predicted molar refractivity (Wildman–Crippen MR) is 192 cm³/mol. The quantitative estimate of drug-likeness (QED) is 0.147. The minimum atomic E-state index is -0.855. The van der Waals surface area contributed by atoms with Crippen LogP contribution in [-0.2, 0) is 4.79 Å². The Morgan fingerprint density at radius 3 is 2.04 bits per heavy atom. The predicted octanol–water partition coefficient (Wildman–Crippen LogP) is 10.1. The van der Waals surface area contributed by atoms with Gasteiger partial charge in [0.25, 0.3) is 0 Å². The van der Waals surface area contributed by atoms with E-state index in [0.29, 0.717) is 12.2 Å². The highest BCUT2D eigenvalue weighted by Gasteiger charge is 2.66. The molecule has 1 aliphatic heterocycles. The molecule has 1 amide bonds. The number of methoxy groups -OCH3 is 2. The molecule has 1 heterocycles. The van der Waals surface area contributed by atoms with Crippen molar-refractivity contribution >= 4 is 38.8 Å². The highest BCUT2D eigenvalue weighted by atomic mass is 16.5. The molecule has 0 radical (unpaired) electrons. The second-order valence-electron chi connectivity index (χ2n) is 12.3. The lowest BCUT2D eigenvalue weighted by molar-refractivity contribution is -0.143. The van der Waals surface area contributed by atoms with E-state index in [4.69, 9.17) is 9.47 Å². The molecule has 6 aromatic rings. The number of carbonyl (C=O) groups excluding carboxylic acids is 1. The number of para-hydroxylation sites is 4. The first-order valence-electron chi connectivity index (χ1n) is 16.4. The highest BCUT2D eigenvalue weighted by molar-refractivity contribution is 6.10. The van der Waals surface area contributed by atoms with E-state index >= 15 is 4.79 Å². The number of benzene rings is 6. The lowest BCUT2D eigenvalue weighted by Crippen LogP contribution is -2.67. The van der Waals surface area contributed by atoms with Crippen LogP contribution in [0.25, 0.3) is 21.5 Å². The Bertz CT molecular complexity index is 1960. The molecule has 236 valence electrons. The number of hydrogen-bond donors (Lipinski definition) is 1. The van der Waals surface area contributed by atoms with E-state index in [1.54, 1.807) is 14.2 Å². The third kappa shape index (κ3) is 5.07. The number of ether oxygens (including phenoxy) is 2. The van der Waals surface area contributed by atoms with Crippen molar-refractivity contribution in [3.05, 3.63) is 145 Å². The van der Waals surface area contributed by atoms with Crippen LogP contribution >= 0.6 is 0 Å². The van der Waals surface area contributed by atoms with Crippen LogP contribution in [0, 0.1) is 5.41 Å². The topological polar surface area (TPSA) is 50.8 Å². The normalized spacial score (nSPS) is 18.1. The van der Waals surface area contributed by atoms with E-state index in [1.807, 2.05) is 53.4 Å². The first kappa shape index (κ1) is 30.4. The molecule has 0 spiro atoms. The van der Waals surface area contributed by atoms with Gasteiger partial charge in [0, 0.05) is 0 Å². The number of nitrogens with one attached hydrogen (secondary N) is 1. The lowest BCUT2D eigenvalue weighted by Gasteiger charge is -2.60.